The fraction of sp³-hybridized carbons (Fsp3) is 0.400. The van der Waals surface area contributed by atoms with Crippen LogP contribution in [0.4, 0.5) is 16.2 Å². The molecule has 16 nitrogen and oxygen atoms in total. The van der Waals surface area contributed by atoms with Crippen molar-refractivity contribution in [2.24, 2.45) is 22.9 Å². The highest BCUT2D eigenvalue weighted by molar-refractivity contribution is 6.03. The molecule has 0 spiro atoms. The number of nitro groups is 1. The molecule has 16 heteroatoms. The van der Waals surface area contributed by atoms with Crippen molar-refractivity contribution < 1.29 is 53.2 Å². The number of nitrogens with zero attached hydrogens (tertiary/aromatic N) is 3. The molecule has 3 aliphatic rings. The van der Waals surface area contributed by atoms with Gasteiger partial charge in [-0.15, -0.1) is 6.58 Å². The lowest BCUT2D eigenvalue weighted by atomic mass is 9.55. The predicted octanol–water partition coefficient (Wildman–Crippen LogP) is 10.0. The molecular weight excluding hydrogens is 909 g/mol. The summed E-state index contributed by atoms with van der Waals surface area (Å²) in [6.45, 7) is 6.65. The van der Waals surface area contributed by atoms with Crippen molar-refractivity contribution in [2.45, 2.75) is 82.6 Å². The summed E-state index contributed by atoms with van der Waals surface area (Å²) in [6.07, 6.45) is 11.1. The number of oxime groups is 1. The van der Waals surface area contributed by atoms with Crippen molar-refractivity contribution in [2.75, 3.05) is 45.9 Å². The summed E-state index contributed by atoms with van der Waals surface area (Å²) in [5.74, 6) is -1.31. The van der Waals surface area contributed by atoms with Gasteiger partial charge in [-0.25, -0.2) is 4.79 Å². The highest BCUT2D eigenvalue weighted by Crippen LogP contribution is 2.62. The number of carbonyl (C=O) groups is 2. The van der Waals surface area contributed by atoms with Gasteiger partial charge < -0.3 is 43.6 Å². The summed E-state index contributed by atoms with van der Waals surface area (Å²) < 4.78 is 31.3. The van der Waals surface area contributed by atoms with Crippen LogP contribution in [0.15, 0.2) is 127 Å². The highest BCUT2D eigenvalue weighted by atomic mass is 16.7. The highest BCUT2D eigenvalue weighted by Gasteiger charge is 2.65. The molecule has 376 valence electrons. The van der Waals surface area contributed by atoms with Gasteiger partial charge >= 0.3 is 6.09 Å². The van der Waals surface area contributed by atoms with E-state index >= 15 is 0 Å². The Balaban J connectivity index is 1.39. The Kier molecular flexibility index (Phi) is 18.0. The van der Waals surface area contributed by atoms with E-state index in [0.29, 0.717) is 72.9 Å². The Morgan fingerprint density at radius 2 is 1.70 bits per heavy atom. The molecule has 4 aromatic rings. The van der Waals surface area contributed by atoms with E-state index in [-0.39, 0.29) is 67.9 Å². The number of fused-ring (bicyclic) bond motifs is 2. The van der Waals surface area contributed by atoms with Gasteiger partial charge in [0.1, 0.15) is 35.6 Å². The molecule has 0 unspecified atom stereocenters. The lowest BCUT2D eigenvalue weighted by Crippen LogP contribution is -2.70. The molecule has 7 rings (SSSR count). The van der Waals surface area contributed by atoms with E-state index in [4.69, 9.17) is 33.7 Å². The maximum Gasteiger partial charge on any atom is 0.417 e. The first kappa shape index (κ1) is 51.8. The fourth-order valence-corrected chi connectivity index (χ4v) is 10.2. The number of unbranched alkanes of at least 4 members (excludes halogenated alkanes) is 2. The number of ether oxygens (including phenoxy) is 5. The molecular formula is C55H64N4O12. The first-order valence-electron chi connectivity index (χ1n) is 24.3. The zero-order valence-corrected chi connectivity index (χ0v) is 40.6. The fourth-order valence-electron chi connectivity index (χ4n) is 10.2. The maximum atomic E-state index is 14.9. The molecule has 71 heavy (non-hydrogen) atoms. The van der Waals surface area contributed by atoms with Crippen LogP contribution in [0.5, 0.6) is 23.0 Å². The van der Waals surface area contributed by atoms with Crippen molar-refractivity contribution in [1.29, 1.82) is 0 Å². The smallest absolute Gasteiger partial charge is 0.417 e. The van der Waals surface area contributed by atoms with Crippen LogP contribution in [0, 0.1) is 27.9 Å². The Labute approximate surface area is 414 Å². The molecule has 1 aliphatic heterocycles. The lowest BCUT2D eigenvalue weighted by molar-refractivity contribution is -0.384. The predicted molar refractivity (Wildman–Crippen MR) is 270 cm³/mol. The lowest BCUT2D eigenvalue weighted by Gasteiger charge is -2.60. The molecule has 2 aliphatic carbocycles. The van der Waals surface area contributed by atoms with Crippen LogP contribution >= 0.6 is 0 Å². The van der Waals surface area contributed by atoms with E-state index in [1.54, 1.807) is 59.5 Å². The molecule has 6 atom stereocenters. The summed E-state index contributed by atoms with van der Waals surface area (Å²) in [6, 6.07) is 25.2. The van der Waals surface area contributed by atoms with Crippen LogP contribution in [-0.4, -0.2) is 90.2 Å². The van der Waals surface area contributed by atoms with Gasteiger partial charge in [0, 0.05) is 61.9 Å². The zero-order chi connectivity index (χ0) is 50.3. The van der Waals surface area contributed by atoms with Gasteiger partial charge in [-0.1, -0.05) is 67.4 Å². The van der Waals surface area contributed by atoms with Gasteiger partial charge in [0.2, 0.25) is 11.7 Å². The van der Waals surface area contributed by atoms with Gasteiger partial charge in [-0.2, -0.15) is 0 Å². The SMILES string of the molecule is C=CCO[C@@]12Oc3ccc(OC(=O)Nc4ccc(OC)cc4OC)cc3[C@H]3[C@H](CCCCO)[C@@H](CCCCO)C=C(C(=NOCc4ccccc4)C[C@@H]1N(CCC)C(=O)C=Cc1ccc([N+](=O)[O-])cc1)[C@H]32. The Morgan fingerprint density at radius 3 is 2.39 bits per heavy atom. The third-order valence-corrected chi connectivity index (χ3v) is 13.4. The molecule has 2 amide bonds. The quantitative estimate of drug-likeness (QED) is 0.0198. The van der Waals surface area contributed by atoms with E-state index in [1.807, 2.05) is 43.3 Å². The largest absolute Gasteiger partial charge is 0.497 e. The van der Waals surface area contributed by atoms with E-state index < -0.39 is 28.8 Å². The number of amides is 2. The second kappa shape index (κ2) is 24.7. The number of benzene rings is 4. The van der Waals surface area contributed by atoms with E-state index in [0.717, 1.165) is 29.5 Å². The summed E-state index contributed by atoms with van der Waals surface area (Å²) in [4.78, 5) is 47.4. The van der Waals surface area contributed by atoms with Gasteiger partial charge in [0.15, 0.2) is 0 Å². The topological polar surface area (TPSA) is 201 Å². The number of aliphatic hydroxyl groups is 2. The third-order valence-electron chi connectivity index (χ3n) is 13.4. The molecule has 1 fully saturated rings. The summed E-state index contributed by atoms with van der Waals surface area (Å²) in [7, 11) is 3.03. The second-order valence-electron chi connectivity index (χ2n) is 17.8. The number of methoxy groups -OCH3 is 2. The first-order valence-corrected chi connectivity index (χ1v) is 24.3. The van der Waals surface area contributed by atoms with E-state index in [1.165, 1.54) is 32.4 Å². The number of non-ortho nitro benzene ring substituents is 1. The number of nitrogens with one attached hydrogen (secondary N) is 1. The summed E-state index contributed by atoms with van der Waals surface area (Å²) in [5.41, 5.74) is 4.08. The minimum Gasteiger partial charge on any atom is -0.497 e. The molecule has 1 saturated carbocycles. The van der Waals surface area contributed by atoms with Crippen LogP contribution in [0.3, 0.4) is 0 Å². The average Bonchev–Trinajstić information content (AvgIpc) is 3.38. The maximum absolute atomic E-state index is 14.9. The van der Waals surface area contributed by atoms with Crippen molar-refractivity contribution >= 4 is 35.2 Å². The molecule has 1 heterocycles. The average molecular weight is 973 g/mol. The summed E-state index contributed by atoms with van der Waals surface area (Å²) >= 11 is 0. The number of allylic oxidation sites excluding steroid dienone is 1. The van der Waals surface area contributed by atoms with Crippen LogP contribution in [0.2, 0.25) is 0 Å². The van der Waals surface area contributed by atoms with E-state index in [2.05, 4.69) is 18.0 Å². The third kappa shape index (κ3) is 12.1. The van der Waals surface area contributed by atoms with Gasteiger partial charge in [0.25, 0.3) is 5.69 Å². The van der Waals surface area contributed by atoms with Crippen LogP contribution in [0.25, 0.3) is 6.08 Å². The molecule has 3 N–H and O–H groups in total. The van der Waals surface area contributed by atoms with Crippen molar-refractivity contribution in [3.8, 4) is 23.0 Å². The first-order chi connectivity index (χ1) is 34.6. The monoisotopic (exact) mass is 972 g/mol. The molecule has 0 saturated heterocycles. The number of rotatable bonds is 24. The van der Waals surface area contributed by atoms with Crippen LogP contribution < -0.4 is 24.3 Å². The number of nitro benzene ring substituents is 1. The molecule has 4 aromatic carbocycles. The second-order valence-corrected chi connectivity index (χ2v) is 17.8. The van der Waals surface area contributed by atoms with Crippen molar-refractivity contribution in [3.63, 3.8) is 0 Å². The molecule has 0 aromatic heterocycles. The van der Waals surface area contributed by atoms with Crippen LogP contribution in [0.1, 0.15) is 80.9 Å². The minimum atomic E-state index is -1.53. The van der Waals surface area contributed by atoms with Gasteiger partial charge in [-0.05, 0) is 109 Å². The molecule has 0 radical (unpaired) electrons. The molecule has 0 bridgehead atoms. The Morgan fingerprint density at radius 1 is 0.958 bits per heavy atom. The Bertz CT molecular complexity index is 2570. The zero-order valence-electron chi connectivity index (χ0n) is 40.6. The number of hydrogen-bond donors (Lipinski definition) is 3. The summed E-state index contributed by atoms with van der Waals surface area (Å²) in [5, 5.41) is 39.1. The normalized spacial score (nSPS) is 21.5. The number of carbonyl (C=O) groups excluding carboxylic acids is 2. The van der Waals surface area contributed by atoms with Gasteiger partial charge in [-0.3, -0.25) is 20.2 Å². The van der Waals surface area contributed by atoms with Crippen molar-refractivity contribution in [1.82, 2.24) is 4.90 Å². The minimum absolute atomic E-state index is 0.0222. The Hall–Kier alpha value is -7.01. The number of hydrogen-bond acceptors (Lipinski definition) is 13. The van der Waals surface area contributed by atoms with E-state index in [9.17, 15) is 29.9 Å². The standard InChI is InChI=1S/C55H64N4O12/c1-5-28-58(51(62)27-20-37-18-21-40(22-19-37)59(64)65)50-35-47(57-69-36-38-14-8-7-9-15-38)44-32-39(16-10-12-29-60)43(17-11-13-30-61)52-45-33-42(24-26-48(45)71-55(50,53(44)52)68-31-6-2)70-54(63)56-46-25-23-41(66-3)34-49(46)67-4/h6-9,14-15,18-27,32-34,39,43,50,52-53,60-61H,2,5,10-13,16-17,28-31,35-36H2,1,3-4H3,(H,56,63)/t39-,43+,50-,52+,53+,55+/m0/s1. The van der Waals surface area contributed by atoms with Crippen molar-refractivity contribution in [3.05, 3.63) is 148 Å². The van der Waals surface area contributed by atoms with Crippen LogP contribution in [-0.2, 0) is 21.0 Å². The number of anilines is 1. The van der Waals surface area contributed by atoms with Gasteiger partial charge in [0.05, 0.1) is 43.1 Å². The number of aliphatic hydroxyl groups excluding tert-OH is 2.